The minimum Gasteiger partial charge on any atom is -0.476 e. The van der Waals surface area contributed by atoms with E-state index in [9.17, 15) is 14.7 Å². The highest BCUT2D eigenvalue weighted by atomic mass is 16.4. The Balaban J connectivity index is 1.51. The third-order valence-electron chi connectivity index (χ3n) is 5.53. The van der Waals surface area contributed by atoms with Crippen LogP contribution in [-0.2, 0) is 19.5 Å². The summed E-state index contributed by atoms with van der Waals surface area (Å²) in [5.74, 6) is -0.661. The third-order valence-corrected chi connectivity index (χ3v) is 5.53. The fraction of sp³-hybridized carbons (Fsp3) is 0.333. The number of hydrogen-bond acceptors (Lipinski definition) is 4. The molecule has 2 aromatic heterocycles. The van der Waals surface area contributed by atoms with E-state index in [2.05, 4.69) is 10.2 Å². The highest BCUT2D eigenvalue weighted by Gasteiger charge is 2.34. The quantitative estimate of drug-likeness (QED) is 0.696. The number of nitrogens with zero attached hydrogens (tertiary/aromatic N) is 5. The smallest absolute Gasteiger partial charge is 0.356 e. The maximum atomic E-state index is 13.3. The van der Waals surface area contributed by atoms with Gasteiger partial charge in [-0.1, -0.05) is 30.3 Å². The topological polar surface area (TPSA) is 93.2 Å². The molecule has 0 atom stereocenters. The van der Waals surface area contributed by atoms with Crippen molar-refractivity contribution in [3.05, 3.63) is 65.2 Å². The summed E-state index contributed by atoms with van der Waals surface area (Å²) >= 11 is 0. The van der Waals surface area contributed by atoms with Crippen LogP contribution in [0.25, 0.3) is 5.69 Å². The van der Waals surface area contributed by atoms with Gasteiger partial charge in [0.2, 0.25) is 0 Å². The van der Waals surface area contributed by atoms with Crippen LogP contribution in [0.5, 0.6) is 0 Å². The van der Waals surface area contributed by atoms with E-state index in [1.807, 2.05) is 41.2 Å². The van der Waals surface area contributed by atoms with Gasteiger partial charge in [0.05, 0.1) is 12.4 Å². The van der Waals surface area contributed by atoms with Crippen LogP contribution in [0.2, 0.25) is 0 Å². The van der Waals surface area contributed by atoms with Gasteiger partial charge in [0.15, 0.2) is 5.69 Å². The molecule has 0 saturated heterocycles. The Morgan fingerprint density at radius 1 is 1.21 bits per heavy atom. The van der Waals surface area contributed by atoms with E-state index in [1.165, 1.54) is 17.5 Å². The third kappa shape index (κ3) is 3.30. The highest BCUT2D eigenvalue weighted by molar-refractivity contribution is 5.99. The van der Waals surface area contributed by atoms with E-state index in [4.69, 9.17) is 0 Å². The average molecular weight is 391 g/mol. The number of carboxylic acids is 1. The predicted octanol–water partition coefficient (Wildman–Crippen LogP) is 2.38. The van der Waals surface area contributed by atoms with Crippen LogP contribution < -0.4 is 0 Å². The number of aromatic carboxylic acids is 1. The molecule has 29 heavy (non-hydrogen) atoms. The van der Waals surface area contributed by atoms with Gasteiger partial charge >= 0.3 is 5.97 Å². The molecule has 0 bridgehead atoms. The van der Waals surface area contributed by atoms with Crippen molar-refractivity contribution >= 4 is 11.9 Å². The summed E-state index contributed by atoms with van der Waals surface area (Å²) < 4.78 is 3.30. The summed E-state index contributed by atoms with van der Waals surface area (Å²) in [7, 11) is 0. The zero-order valence-corrected chi connectivity index (χ0v) is 15.9. The van der Waals surface area contributed by atoms with Crippen LogP contribution in [-0.4, -0.2) is 48.0 Å². The number of amides is 1. The average Bonchev–Trinajstić information content (AvgIpc) is 3.25. The largest absolute Gasteiger partial charge is 0.476 e. The van der Waals surface area contributed by atoms with Crippen LogP contribution in [0, 0.1) is 5.92 Å². The molecule has 1 N–H and O–H groups in total. The van der Waals surface area contributed by atoms with Gasteiger partial charge in [-0.05, 0) is 30.7 Å². The standard InChI is InChI=1S/C21H21N5O3/c27-20-19-17(8-9-24(20)11-14-4-2-1-3-5-14)18(21(28)29)23-26(19)16-10-22-25(13-16)12-15-6-7-15/h1-5,10,13,15H,6-9,11-12H2,(H,28,29). The van der Waals surface area contributed by atoms with Crippen molar-refractivity contribution in [1.82, 2.24) is 24.5 Å². The van der Waals surface area contributed by atoms with E-state index in [1.54, 1.807) is 11.1 Å². The molecule has 1 saturated carbocycles. The lowest BCUT2D eigenvalue weighted by atomic mass is 10.0. The first kappa shape index (κ1) is 17.7. The zero-order valence-electron chi connectivity index (χ0n) is 15.9. The van der Waals surface area contributed by atoms with E-state index in [0.717, 1.165) is 12.1 Å². The Hall–Kier alpha value is -3.42. The predicted molar refractivity (Wildman–Crippen MR) is 104 cm³/mol. The molecule has 0 radical (unpaired) electrons. The molecular formula is C21H21N5O3. The number of carbonyl (C=O) groups excluding carboxylic acids is 1. The molecule has 1 aliphatic heterocycles. The Morgan fingerprint density at radius 3 is 2.72 bits per heavy atom. The zero-order chi connectivity index (χ0) is 20.0. The summed E-state index contributed by atoms with van der Waals surface area (Å²) in [4.78, 5) is 26.8. The Kier molecular flexibility index (Phi) is 4.19. The van der Waals surface area contributed by atoms with Crippen molar-refractivity contribution in [3.8, 4) is 5.69 Å². The number of hydrogen-bond donors (Lipinski definition) is 1. The number of carboxylic acid groups (broad SMARTS) is 1. The maximum absolute atomic E-state index is 13.3. The Bertz CT molecular complexity index is 1080. The molecule has 0 unspecified atom stereocenters. The van der Waals surface area contributed by atoms with Gasteiger partial charge < -0.3 is 10.0 Å². The number of rotatable bonds is 6. The second-order valence-electron chi connectivity index (χ2n) is 7.72. The summed E-state index contributed by atoms with van der Waals surface area (Å²) in [6.07, 6.45) is 6.36. The first-order chi connectivity index (χ1) is 14.1. The van der Waals surface area contributed by atoms with Gasteiger partial charge in [0, 0.05) is 25.2 Å². The molecule has 0 spiro atoms. The van der Waals surface area contributed by atoms with Crippen molar-refractivity contribution in [2.75, 3.05) is 6.54 Å². The van der Waals surface area contributed by atoms with Crippen LogP contribution in [0.4, 0.5) is 0 Å². The fourth-order valence-corrected chi connectivity index (χ4v) is 3.85. The highest BCUT2D eigenvalue weighted by Crippen LogP contribution is 2.31. The summed E-state index contributed by atoms with van der Waals surface area (Å²) in [5, 5.41) is 18.2. The van der Waals surface area contributed by atoms with Crippen molar-refractivity contribution in [1.29, 1.82) is 0 Å². The summed E-state index contributed by atoms with van der Waals surface area (Å²) in [5.41, 5.74) is 2.43. The first-order valence-corrected chi connectivity index (χ1v) is 9.81. The number of aromatic nitrogens is 4. The molecule has 3 heterocycles. The second-order valence-corrected chi connectivity index (χ2v) is 7.72. The van der Waals surface area contributed by atoms with Gasteiger partial charge in [-0.25, -0.2) is 9.48 Å². The number of carbonyl (C=O) groups is 2. The van der Waals surface area contributed by atoms with Gasteiger partial charge in [-0.15, -0.1) is 0 Å². The lowest BCUT2D eigenvalue weighted by molar-refractivity contribution is 0.0688. The lowest BCUT2D eigenvalue weighted by Gasteiger charge is -2.27. The first-order valence-electron chi connectivity index (χ1n) is 9.81. The van der Waals surface area contributed by atoms with Crippen molar-refractivity contribution in [2.45, 2.75) is 32.4 Å². The molecule has 2 aliphatic rings. The van der Waals surface area contributed by atoms with Crippen LogP contribution in [0.1, 0.15) is 44.9 Å². The molecular weight excluding hydrogens is 370 g/mol. The molecule has 5 rings (SSSR count). The Labute approximate surface area is 167 Å². The molecule has 3 aromatic rings. The monoisotopic (exact) mass is 391 g/mol. The molecule has 148 valence electrons. The Morgan fingerprint density at radius 2 is 2.00 bits per heavy atom. The SMILES string of the molecule is O=C(O)c1nn(-c2cnn(CC3CC3)c2)c2c1CCN(Cc1ccccc1)C2=O. The molecule has 1 aliphatic carbocycles. The van der Waals surface area contributed by atoms with Crippen molar-refractivity contribution in [3.63, 3.8) is 0 Å². The number of benzene rings is 1. The van der Waals surface area contributed by atoms with Crippen molar-refractivity contribution in [2.24, 2.45) is 5.92 Å². The van der Waals surface area contributed by atoms with E-state index in [-0.39, 0.29) is 11.6 Å². The van der Waals surface area contributed by atoms with Gasteiger partial charge in [-0.2, -0.15) is 10.2 Å². The summed E-state index contributed by atoms with van der Waals surface area (Å²) in [6, 6.07) is 9.77. The van der Waals surface area contributed by atoms with Crippen molar-refractivity contribution < 1.29 is 14.7 Å². The van der Waals surface area contributed by atoms with Crippen LogP contribution in [0.3, 0.4) is 0 Å². The maximum Gasteiger partial charge on any atom is 0.356 e. The second kappa shape index (κ2) is 6.88. The number of fused-ring (bicyclic) bond motifs is 1. The molecule has 1 amide bonds. The minimum absolute atomic E-state index is 0.0531. The summed E-state index contributed by atoms with van der Waals surface area (Å²) in [6.45, 7) is 1.78. The molecule has 8 nitrogen and oxygen atoms in total. The van der Waals surface area contributed by atoms with E-state index >= 15 is 0 Å². The van der Waals surface area contributed by atoms with Crippen LogP contribution in [0.15, 0.2) is 42.7 Å². The van der Waals surface area contributed by atoms with E-state index < -0.39 is 5.97 Å². The fourth-order valence-electron chi connectivity index (χ4n) is 3.85. The van der Waals surface area contributed by atoms with Gasteiger partial charge in [0.1, 0.15) is 11.4 Å². The molecule has 8 heteroatoms. The molecule has 1 aromatic carbocycles. The lowest BCUT2D eigenvalue weighted by Crippen LogP contribution is -2.38. The normalized spacial score (nSPS) is 16.1. The van der Waals surface area contributed by atoms with E-state index in [0.29, 0.717) is 42.4 Å². The van der Waals surface area contributed by atoms with Gasteiger partial charge in [0.25, 0.3) is 5.91 Å². The molecule has 1 fully saturated rings. The minimum atomic E-state index is -1.12. The van der Waals surface area contributed by atoms with Crippen LogP contribution >= 0.6 is 0 Å². The van der Waals surface area contributed by atoms with Gasteiger partial charge in [-0.3, -0.25) is 9.48 Å².